The Morgan fingerprint density at radius 3 is 2.10 bits per heavy atom. The quantitative estimate of drug-likeness (QED) is 0.650. The van der Waals surface area contributed by atoms with Crippen LogP contribution in [0.2, 0.25) is 0 Å². The zero-order chi connectivity index (χ0) is 23.4. The molecule has 0 amide bonds. The van der Waals surface area contributed by atoms with Gasteiger partial charge in [0.25, 0.3) is 0 Å². The Morgan fingerprint density at radius 2 is 1.52 bits per heavy atom. The molecule has 0 saturated heterocycles. The summed E-state index contributed by atoms with van der Waals surface area (Å²) in [4.78, 5) is -1.23. The lowest BCUT2D eigenvalue weighted by atomic mass is 9.75. The molecule has 1 aliphatic carbocycles. The Morgan fingerprint density at radius 1 is 0.903 bits per heavy atom. The fourth-order valence-corrected chi connectivity index (χ4v) is 6.48. The molecule has 0 atom stereocenters. The lowest BCUT2D eigenvalue weighted by Gasteiger charge is -2.47. The maximum atomic E-state index is 14.4. The molecular formula is C17H12F7NO4S2. The molecule has 0 radical (unpaired) electrons. The average Bonchev–Trinajstić information content (AvgIpc) is 2.61. The first kappa shape index (κ1) is 23.5. The summed E-state index contributed by atoms with van der Waals surface area (Å²) < 4.78 is 142. The molecule has 0 aromatic heterocycles. The summed E-state index contributed by atoms with van der Waals surface area (Å²) >= 11 is 0. The van der Waals surface area contributed by atoms with E-state index in [2.05, 4.69) is 0 Å². The number of benzene rings is 2. The first-order valence-electron chi connectivity index (χ1n) is 8.35. The molecule has 0 spiro atoms. The van der Waals surface area contributed by atoms with E-state index in [1.165, 1.54) is 4.72 Å². The number of sulfone groups is 1. The number of halogens is 7. The molecule has 3 rings (SSSR count). The van der Waals surface area contributed by atoms with Gasteiger partial charge in [0.15, 0.2) is 21.5 Å². The number of nitrogens with one attached hydrogen (secondary N) is 1. The van der Waals surface area contributed by atoms with Crippen molar-refractivity contribution >= 4 is 19.9 Å². The lowest BCUT2D eigenvalue weighted by molar-refractivity contribution is -0.0455. The predicted molar refractivity (Wildman–Crippen MR) is 92.7 cm³/mol. The van der Waals surface area contributed by atoms with Crippen molar-refractivity contribution in [1.82, 2.24) is 4.72 Å². The normalized spacial score (nSPS) is 22.2. The first-order chi connectivity index (χ1) is 14.1. The minimum absolute atomic E-state index is 0.457. The third kappa shape index (κ3) is 3.80. The molecular weight excluding hydrogens is 479 g/mol. The van der Waals surface area contributed by atoms with Crippen LogP contribution in [0.3, 0.4) is 0 Å². The topological polar surface area (TPSA) is 80.3 Å². The number of hydrogen-bond donors (Lipinski definition) is 1. The van der Waals surface area contributed by atoms with Crippen LogP contribution in [0.25, 0.3) is 0 Å². The van der Waals surface area contributed by atoms with Gasteiger partial charge in [-0.25, -0.2) is 39.1 Å². The van der Waals surface area contributed by atoms with E-state index in [1.807, 2.05) is 0 Å². The van der Waals surface area contributed by atoms with Gasteiger partial charge in [-0.15, -0.1) is 0 Å². The third-order valence-electron chi connectivity index (χ3n) is 4.92. The molecule has 2 aromatic carbocycles. The molecule has 170 valence electrons. The fourth-order valence-electron chi connectivity index (χ4n) is 3.44. The molecule has 1 aliphatic rings. The maximum Gasteiger partial charge on any atom is 0.511 e. The molecule has 0 unspecified atom stereocenters. The molecule has 0 aliphatic heterocycles. The Labute approximate surface area is 171 Å². The highest BCUT2D eigenvalue weighted by Crippen LogP contribution is 2.52. The first-order valence-corrected chi connectivity index (χ1v) is 11.3. The largest absolute Gasteiger partial charge is 0.511 e. The van der Waals surface area contributed by atoms with Crippen molar-refractivity contribution in [3.63, 3.8) is 0 Å². The zero-order valence-electron chi connectivity index (χ0n) is 15.1. The van der Waals surface area contributed by atoms with E-state index in [9.17, 15) is 47.6 Å². The molecule has 1 saturated carbocycles. The average molecular weight is 491 g/mol. The molecule has 0 bridgehead atoms. The van der Waals surface area contributed by atoms with Gasteiger partial charge in [0, 0.05) is 11.6 Å². The second kappa shape index (κ2) is 7.45. The van der Waals surface area contributed by atoms with Gasteiger partial charge in [0.05, 0.1) is 0 Å². The zero-order valence-corrected chi connectivity index (χ0v) is 16.7. The van der Waals surface area contributed by atoms with E-state index >= 15 is 0 Å². The van der Waals surface area contributed by atoms with Crippen LogP contribution in [0, 0.1) is 23.3 Å². The number of rotatable bonds is 5. The fraction of sp³-hybridized carbons (Fsp3) is 0.294. The monoisotopic (exact) mass is 491 g/mol. The predicted octanol–water partition coefficient (Wildman–Crippen LogP) is 3.51. The molecule has 14 heteroatoms. The van der Waals surface area contributed by atoms with Gasteiger partial charge in [-0.05, 0) is 43.2 Å². The van der Waals surface area contributed by atoms with Crippen molar-refractivity contribution in [3.8, 4) is 0 Å². The highest BCUT2D eigenvalue weighted by atomic mass is 32.2. The van der Waals surface area contributed by atoms with E-state index in [-0.39, 0.29) is 0 Å². The van der Waals surface area contributed by atoms with Gasteiger partial charge in [0.2, 0.25) is 0 Å². The van der Waals surface area contributed by atoms with E-state index in [4.69, 9.17) is 0 Å². The molecule has 2 aromatic rings. The summed E-state index contributed by atoms with van der Waals surface area (Å²) in [6.07, 6.45) is -1.97. The summed E-state index contributed by atoms with van der Waals surface area (Å²) in [5.74, 6) is -5.77. The van der Waals surface area contributed by atoms with Crippen molar-refractivity contribution < 1.29 is 47.6 Å². The van der Waals surface area contributed by atoms with Crippen LogP contribution < -0.4 is 4.72 Å². The van der Waals surface area contributed by atoms with Crippen LogP contribution in [-0.2, 0) is 24.6 Å². The van der Waals surface area contributed by atoms with Crippen LogP contribution >= 0.6 is 0 Å². The Hall–Kier alpha value is -2.19. The Bertz CT molecular complexity index is 1240. The van der Waals surface area contributed by atoms with Crippen LogP contribution in [0.1, 0.15) is 18.4 Å². The second-order valence-electron chi connectivity index (χ2n) is 6.85. The lowest BCUT2D eigenvalue weighted by Crippen LogP contribution is -2.58. The van der Waals surface area contributed by atoms with Crippen LogP contribution in [0.15, 0.2) is 41.3 Å². The van der Waals surface area contributed by atoms with Crippen LogP contribution in [-0.4, -0.2) is 28.4 Å². The maximum absolute atomic E-state index is 14.4. The van der Waals surface area contributed by atoms with Crippen molar-refractivity contribution in [2.24, 2.45) is 0 Å². The molecule has 31 heavy (non-hydrogen) atoms. The number of sulfonamides is 1. The summed E-state index contributed by atoms with van der Waals surface area (Å²) in [5.41, 5.74) is -6.55. The van der Waals surface area contributed by atoms with Gasteiger partial charge in [0.1, 0.15) is 21.3 Å². The van der Waals surface area contributed by atoms with Crippen molar-refractivity contribution in [2.75, 3.05) is 0 Å². The third-order valence-corrected chi connectivity index (χ3v) is 8.65. The van der Waals surface area contributed by atoms with Crippen molar-refractivity contribution in [1.29, 1.82) is 0 Å². The van der Waals surface area contributed by atoms with Gasteiger partial charge in [-0.3, -0.25) is 0 Å². The molecule has 1 N–H and O–H groups in total. The summed E-state index contributed by atoms with van der Waals surface area (Å²) in [5, 5.41) is 0. The van der Waals surface area contributed by atoms with Crippen LogP contribution in [0.5, 0.6) is 0 Å². The second-order valence-corrected chi connectivity index (χ2v) is 10.8. The Kier molecular flexibility index (Phi) is 5.64. The summed E-state index contributed by atoms with van der Waals surface area (Å²) in [7, 11) is -11.0. The molecule has 5 nitrogen and oxygen atoms in total. The smallest absolute Gasteiger partial charge is 0.223 e. The standard InChI is InChI=1S/C17H12F7NO4S2/c18-9-4-5-12(19)11(6-9)16(7-10(8-16)25-31(28,29)17(22,23)24)30(26,27)14-3-1-2-13(20)15(14)21/h1-6,10,25H,7-8H2. The minimum atomic E-state index is -5.88. The van der Waals surface area contributed by atoms with E-state index in [1.54, 1.807) is 0 Å². The molecule has 0 heterocycles. The Balaban J connectivity index is 2.13. The van der Waals surface area contributed by atoms with Gasteiger partial charge in [-0.1, -0.05) is 6.07 Å². The van der Waals surface area contributed by atoms with Gasteiger partial charge >= 0.3 is 15.5 Å². The van der Waals surface area contributed by atoms with Crippen LogP contribution in [0.4, 0.5) is 30.7 Å². The SMILES string of the molecule is O=S(=O)(NC1CC(c2cc(F)ccc2F)(S(=O)(=O)c2cccc(F)c2F)C1)C(F)(F)F. The number of hydrogen-bond acceptors (Lipinski definition) is 4. The minimum Gasteiger partial charge on any atom is -0.223 e. The van der Waals surface area contributed by atoms with Gasteiger partial charge < -0.3 is 0 Å². The summed E-state index contributed by atoms with van der Waals surface area (Å²) in [6.45, 7) is 0. The molecule has 1 fully saturated rings. The van der Waals surface area contributed by atoms with E-state index in [0.717, 1.165) is 6.07 Å². The summed E-state index contributed by atoms with van der Waals surface area (Å²) in [6, 6.07) is 2.09. The van der Waals surface area contributed by atoms with E-state index in [0.29, 0.717) is 30.3 Å². The number of alkyl halides is 3. The highest BCUT2D eigenvalue weighted by Gasteiger charge is 2.60. The highest BCUT2D eigenvalue weighted by molar-refractivity contribution is 7.92. The van der Waals surface area contributed by atoms with Gasteiger partial charge in [-0.2, -0.15) is 13.2 Å². The van der Waals surface area contributed by atoms with Crippen molar-refractivity contribution in [3.05, 3.63) is 65.2 Å². The van der Waals surface area contributed by atoms with Crippen molar-refractivity contribution in [2.45, 2.75) is 34.0 Å². The van der Waals surface area contributed by atoms with E-state index < -0.39 is 82.7 Å².